The van der Waals surface area contributed by atoms with Gasteiger partial charge in [0.1, 0.15) is 11.4 Å². The molecule has 222 valence electrons. The molecule has 0 radical (unpaired) electrons. The number of rotatable bonds is 8. The van der Waals surface area contributed by atoms with Gasteiger partial charge in [-0.05, 0) is 86.1 Å². The van der Waals surface area contributed by atoms with E-state index in [1.54, 1.807) is 6.07 Å². The lowest BCUT2D eigenvalue weighted by molar-refractivity contribution is -0.157. The van der Waals surface area contributed by atoms with Crippen LogP contribution in [-0.2, 0) is 35.0 Å². The van der Waals surface area contributed by atoms with Gasteiger partial charge in [-0.25, -0.2) is 4.79 Å². The summed E-state index contributed by atoms with van der Waals surface area (Å²) in [4.78, 5) is 25.2. The van der Waals surface area contributed by atoms with Crippen LogP contribution in [0.5, 0.6) is 5.75 Å². The maximum absolute atomic E-state index is 13.1. The van der Waals surface area contributed by atoms with E-state index >= 15 is 0 Å². The number of aromatic nitrogens is 1. The molecule has 4 rings (SSSR count). The molecule has 0 unspecified atom stereocenters. The lowest BCUT2D eigenvalue weighted by Crippen LogP contribution is -2.27. The molecule has 7 heteroatoms. The third-order valence-electron chi connectivity index (χ3n) is 7.30. The smallest absolute Gasteiger partial charge is 0.344 e. The van der Waals surface area contributed by atoms with Crippen LogP contribution in [0.4, 0.5) is 0 Å². The number of hydrogen-bond donors (Lipinski definition) is 1. The van der Waals surface area contributed by atoms with Crippen molar-refractivity contribution in [2.45, 2.75) is 72.4 Å². The van der Waals surface area contributed by atoms with Crippen LogP contribution in [-0.4, -0.2) is 28.7 Å². The molecule has 0 atom stereocenters. The van der Waals surface area contributed by atoms with Crippen LogP contribution < -0.4 is 10.1 Å². The predicted octanol–water partition coefficient (Wildman–Crippen LogP) is 7.68. The Morgan fingerprint density at radius 2 is 1.57 bits per heavy atom. The number of carbonyl (C=O) groups is 2. The Balaban J connectivity index is 1.48. The Bertz CT molecular complexity index is 1610. The number of fused-ring (bicyclic) bond motifs is 1. The van der Waals surface area contributed by atoms with Crippen molar-refractivity contribution in [2.24, 2.45) is 7.05 Å². The number of nitrogens with one attached hydrogen (secondary N) is 1. The third kappa shape index (κ3) is 7.54. The molecule has 4 aromatic rings. The fourth-order valence-electron chi connectivity index (χ4n) is 4.89. The van der Waals surface area contributed by atoms with E-state index in [1.165, 1.54) is 5.56 Å². The second kappa shape index (κ2) is 12.2. The summed E-state index contributed by atoms with van der Waals surface area (Å²) >= 11 is 6.36. The maximum atomic E-state index is 13.1. The minimum absolute atomic E-state index is 0.0919. The number of esters is 1. The van der Waals surface area contributed by atoms with Gasteiger partial charge >= 0.3 is 5.97 Å². The normalized spacial score (nSPS) is 11.9. The summed E-state index contributed by atoms with van der Waals surface area (Å²) in [7, 11) is 2.01. The van der Waals surface area contributed by atoms with Crippen LogP contribution in [0.2, 0.25) is 5.02 Å². The fourth-order valence-corrected chi connectivity index (χ4v) is 5.07. The first-order chi connectivity index (χ1) is 19.6. The molecule has 0 spiro atoms. The summed E-state index contributed by atoms with van der Waals surface area (Å²) in [5, 5.41) is 4.56. The quantitative estimate of drug-likeness (QED) is 0.214. The number of carbonyl (C=O) groups excluding carboxylic acids is 2. The van der Waals surface area contributed by atoms with Crippen LogP contribution in [0.3, 0.4) is 0 Å². The largest absolute Gasteiger partial charge is 0.480 e. The second-order valence-electron chi connectivity index (χ2n) is 12.8. The molecule has 6 nitrogen and oxygen atoms in total. The van der Waals surface area contributed by atoms with Crippen LogP contribution in [0.25, 0.3) is 10.9 Å². The summed E-state index contributed by atoms with van der Waals surface area (Å²) in [6, 6.07) is 19.8. The molecule has 0 aliphatic heterocycles. The van der Waals surface area contributed by atoms with E-state index in [9.17, 15) is 9.59 Å². The molecule has 0 aliphatic rings. The number of hydrogen-bond acceptors (Lipinski definition) is 4. The highest BCUT2D eigenvalue weighted by atomic mass is 35.5. The van der Waals surface area contributed by atoms with Crippen LogP contribution >= 0.6 is 11.6 Å². The lowest BCUT2D eigenvalue weighted by atomic mass is 9.87. The highest BCUT2D eigenvalue weighted by molar-refractivity contribution is 6.32. The van der Waals surface area contributed by atoms with E-state index in [1.807, 2.05) is 58.2 Å². The summed E-state index contributed by atoms with van der Waals surface area (Å²) in [5.74, 6) is -0.126. The SMILES string of the molecule is Cc1c(Cc2ccc(Cl)c(OCC(=O)OC(C)(C)C)c2)c2ccc(C(=O)NCc3ccc(C(C)(C)C)cc3)cc2n1C. The van der Waals surface area contributed by atoms with E-state index in [0.717, 1.165) is 33.3 Å². The zero-order valence-corrected chi connectivity index (χ0v) is 26.6. The van der Waals surface area contributed by atoms with Crippen LogP contribution in [0.15, 0.2) is 60.7 Å². The molecule has 0 aliphatic carbocycles. The number of benzene rings is 3. The van der Waals surface area contributed by atoms with Gasteiger partial charge in [-0.15, -0.1) is 0 Å². The predicted molar refractivity (Wildman–Crippen MR) is 170 cm³/mol. The second-order valence-corrected chi connectivity index (χ2v) is 13.2. The Labute approximate surface area is 254 Å². The van der Waals surface area contributed by atoms with E-state index in [-0.39, 0.29) is 17.9 Å². The van der Waals surface area contributed by atoms with Gasteiger partial charge in [0.15, 0.2) is 6.61 Å². The maximum Gasteiger partial charge on any atom is 0.344 e. The Morgan fingerprint density at radius 3 is 2.21 bits per heavy atom. The molecule has 0 saturated carbocycles. The molecule has 0 fully saturated rings. The summed E-state index contributed by atoms with van der Waals surface area (Å²) in [6.45, 7) is 14.3. The molecule has 3 aromatic carbocycles. The zero-order chi connectivity index (χ0) is 30.8. The first-order valence-corrected chi connectivity index (χ1v) is 14.6. The first kappa shape index (κ1) is 31.2. The number of ether oxygens (including phenoxy) is 2. The van der Waals surface area contributed by atoms with Crippen molar-refractivity contribution in [2.75, 3.05) is 6.61 Å². The molecule has 1 heterocycles. The monoisotopic (exact) mass is 588 g/mol. The number of nitrogens with zero attached hydrogens (tertiary/aromatic N) is 1. The van der Waals surface area contributed by atoms with Gasteiger partial charge in [-0.2, -0.15) is 0 Å². The standard InChI is InChI=1S/C35H41ClN2O4/c1-22-28(17-24-11-16-29(36)31(18-24)41-21-32(39)42-35(5,6)7)27-15-12-25(19-30(27)38(22)8)33(40)37-20-23-9-13-26(14-10-23)34(2,3)4/h9-16,18-19H,17,20-21H2,1-8H3,(H,37,40). The third-order valence-corrected chi connectivity index (χ3v) is 7.61. The minimum atomic E-state index is -0.586. The molecule has 1 N–H and O–H groups in total. The van der Waals surface area contributed by atoms with Crippen LogP contribution in [0.1, 0.15) is 79.8 Å². The summed E-state index contributed by atoms with van der Waals surface area (Å²) in [5.41, 5.74) is 6.68. The van der Waals surface area contributed by atoms with Gasteiger partial charge in [-0.1, -0.05) is 68.8 Å². The molecule has 1 amide bonds. The number of amides is 1. The average Bonchev–Trinajstić information content (AvgIpc) is 3.15. The van der Waals surface area contributed by atoms with Crippen LogP contribution in [0, 0.1) is 6.92 Å². The van der Waals surface area contributed by atoms with Crippen molar-refractivity contribution in [3.63, 3.8) is 0 Å². The number of aryl methyl sites for hydroxylation is 1. The highest BCUT2D eigenvalue weighted by Crippen LogP contribution is 2.31. The van der Waals surface area contributed by atoms with Crippen molar-refractivity contribution in [1.29, 1.82) is 0 Å². The van der Waals surface area contributed by atoms with E-state index < -0.39 is 11.6 Å². The van der Waals surface area contributed by atoms with Crippen molar-refractivity contribution < 1.29 is 19.1 Å². The first-order valence-electron chi connectivity index (χ1n) is 14.2. The zero-order valence-electron chi connectivity index (χ0n) is 25.9. The van der Waals surface area contributed by atoms with Gasteiger partial charge in [0.05, 0.1) is 5.02 Å². The van der Waals surface area contributed by atoms with Crippen molar-refractivity contribution in [1.82, 2.24) is 9.88 Å². The molecule has 1 aromatic heterocycles. The lowest BCUT2D eigenvalue weighted by Gasteiger charge is -2.19. The van der Waals surface area contributed by atoms with E-state index in [2.05, 4.69) is 61.8 Å². The van der Waals surface area contributed by atoms with E-state index in [0.29, 0.717) is 29.3 Å². The van der Waals surface area contributed by atoms with Crippen molar-refractivity contribution in [3.8, 4) is 5.75 Å². The molecule has 42 heavy (non-hydrogen) atoms. The van der Waals surface area contributed by atoms with Gasteiger partial charge < -0.3 is 19.4 Å². The Hall–Kier alpha value is -3.77. The molecular weight excluding hydrogens is 548 g/mol. The van der Waals surface area contributed by atoms with Crippen molar-refractivity contribution >= 4 is 34.4 Å². The molecule has 0 saturated heterocycles. The highest BCUT2D eigenvalue weighted by Gasteiger charge is 2.19. The topological polar surface area (TPSA) is 69.6 Å². The summed E-state index contributed by atoms with van der Waals surface area (Å²) in [6.07, 6.45) is 0.638. The van der Waals surface area contributed by atoms with E-state index in [4.69, 9.17) is 21.1 Å². The Morgan fingerprint density at radius 1 is 0.905 bits per heavy atom. The molecule has 0 bridgehead atoms. The molecular formula is C35H41ClN2O4. The average molecular weight is 589 g/mol. The minimum Gasteiger partial charge on any atom is -0.480 e. The van der Waals surface area contributed by atoms with Gasteiger partial charge in [0.25, 0.3) is 5.91 Å². The summed E-state index contributed by atoms with van der Waals surface area (Å²) < 4.78 is 13.2. The van der Waals surface area contributed by atoms with Crippen molar-refractivity contribution in [3.05, 3.63) is 99.2 Å². The van der Waals surface area contributed by atoms with Gasteiger partial charge in [0.2, 0.25) is 0 Å². The number of halogens is 1. The van der Waals surface area contributed by atoms with Gasteiger partial charge in [-0.3, -0.25) is 4.79 Å². The Kier molecular flexibility index (Phi) is 9.07. The van der Waals surface area contributed by atoms with Gasteiger partial charge in [0, 0.05) is 35.8 Å². The fraction of sp³-hybridized carbons (Fsp3) is 0.371.